The molecule has 1 amide bonds. The molecule has 2 rings (SSSR count). The van der Waals surface area contributed by atoms with Gasteiger partial charge in [0, 0.05) is 38.3 Å². The van der Waals surface area contributed by atoms with E-state index in [2.05, 4.69) is 4.98 Å². The van der Waals surface area contributed by atoms with E-state index in [-0.39, 0.29) is 12.3 Å². The van der Waals surface area contributed by atoms with E-state index >= 15 is 0 Å². The number of thiazole rings is 1. The van der Waals surface area contributed by atoms with Crippen LogP contribution >= 0.6 is 22.9 Å². The number of aromatic nitrogens is 1. The van der Waals surface area contributed by atoms with Crippen LogP contribution in [0.4, 0.5) is 0 Å². The van der Waals surface area contributed by atoms with Crippen molar-refractivity contribution in [2.75, 3.05) is 40.5 Å². The molecule has 0 saturated heterocycles. The third-order valence-corrected chi connectivity index (χ3v) is 4.73. The van der Waals surface area contributed by atoms with Gasteiger partial charge in [0.05, 0.1) is 30.4 Å². The van der Waals surface area contributed by atoms with Crippen LogP contribution < -0.4 is 0 Å². The summed E-state index contributed by atoms with van der Waals surface area (Å²) in [5.74, 6) is 0.0140. The molecule has 1 heterocycles. The standard InChI is InChI=1S/C17H21ClN2O3S/c1-22-9-7-20(8-10-23-2)16(21)11-13-12-24-17(19-13)14-5-3-4-6-15(14)18/h3-6,12H,7-11H2,1-2H3. The maximum atomic E-state index is 12.5. The summed E-state index contributed by atoms with van der Waals surface area (Å²) in [5.41, 5.74) is 1.64. The zero-order chi connectivity index (χ0) is 17.4. The minimum atomic E-state index is 0.0140. The zero-order valence-electron chi connectivity index (χ0n) is 13.8. The quantitative estimate of drug-likeness (QED) is 0.682. The fraction of sp³-hybridized carbons (Fsp3) is 0.412. The number of hydrogen-bond acceptors (Lipinski definition) is 5. The monoisotopic (exact) mass is 368 g/mol. The van der Waals surface area contributed by atoms with E-state index in [4.69, 9.17) is 21.1 Å². The van der Waals surface area contributed by atoms with Crippen molar-refractivity contribution in [2.24, 2.45) is 0 Å². The zero-order valence-corrected chi connectivity index (χ0v) is 15.4. The van der Waals surface area contributed by atoms with Crippen LogP contribution in [0.15, 0.2) is 29.6 Å². The third kappa shape index (κ3) is 5.27. The molecule has 130 valence electrons. The lowest BCUT2D eigenvalue weighted by Gasteiger charge is -2.21. The van der Waals surface area contributed by atoms with Gasteiger partial charge < -0.3 is 14.4 Å². The Hall–Kier alpha value is -1.47. The van der Waals surface area contributed by atoms with Crippen molar-refractivity contribution in [3.63, 3.8) is 0 Å². The highest BCUT2D eigenvalue weighted by Gasteiger charge is 2.16. The Balaban J connectivity index is 2.04. The van der Waals surface area contributed by atoms with Gasteiger partial charge in [0.15, 0.2) is 0 Å². The normalized spacial score (nSPS) is 10.8. The molecule has 5 nitrogen and oxygen atoms in total. The van der Waals surface area contributed by atoms with Gasteiger partial charge in [-0.3, -0.25) is 4.79 Å². The number of amides is 1. The topological polar surface area (TPSA) is 51.7 Å². The summed E-state index contributed by atoms with van der Waals surface area (Å²) < 4.78 is 10.1. The van der Waals surface area contributed by atoms with Crippen molar-refractivity contribution in [1.82, 2.24) is 9.88 Å². The molecule has 1 aromatic carbocycles. The van der Waals surface area contributed by atoms with Crippen molar-refractivity contribution < 1.29 is 14.3 Å². The number of methoxy groups -OCH3 is 2. The van der Waals surface area contributed by atoms with Gasteiger partial charge >= 0.3 is 0 Å². The average Bonchev–Trinajstić information content (AvgIpc) is 3.03. The summed E-state index contributed by atoms with van der Waals surface area (Å²) >= 11 is 7.69. The van der Waals surface area contributed by atoms with Gasteiger partial charge in [-0.25, -0.2) is 4.98 Å². The Morgan fingerprint density at radius 2 is 1.88 bits per heavy atom. The highest BCUT2D eigenvalue weighted by molar-refractivity contribution is 7.13. The highest BCUT2D eigenvalue weighted by atomic mass is 35.5. The van der Waals surface area contributed by atoms with Gasteiger partial charge in [0.25, 0.3) is 0 Å². The van der Waals surface area contributed by atoms with Gasteiger partial charge in [-0.05, 0) is 6.07 Å². The minimum absolute atomic E-state index is 0.0140. The fourth-order valence-electron chi connectivity index (χ4n) is 2.18. The van der Waals surface area contributed by atoms with E-state index in [0.29, 0.717) is 31.3 Å². The van der Waals surface area contributed by atoms with E-state index in [9.17, 15) is 4.79 Å². The summed E-state index contributed by atoms with van der Waals surface area (Å²) in [4.78, 5) is 18.8. The molecule has 0 N–H and O–H groups in total. The molecule has 24 heavy (non-hydrogen) atoms. The second-order valence-corrected chi connectivity index (χ2v) is 6.43. The average molecular weight is 369 g/mol. The first-order valence-electron chi connectivity index (χ1n) is 7.60. The molecule has 0 aliphatic heterocycles. The Kier molecular flexibility index (Phi) is 7.65. The number of benzene rings is 1. The second kappa shape index (κ2) is 9.74. The number of ether oxygens (including phenoxy) is 2. The largest absolute Gasteiger partial charge is 0.383 e. The molecule has 7 heteroatoms. The lowest BCUT2D eigenvalue weighted by atomic mass is 10.2. The smallest absolute Gasteiger partial charge is 0.228 e. The molecule has 1 aromatic heterocycles. The van der Waals surface area contributed by atoms with Crippen LogP contribution in [0.5, 0.6) is 0 Å². The first-order chi connectivity index (χ1) is 11.7. The summed E-state index contributed by atoms with van der Waals surface area (Å²) in [5, 5.41) is 3.39. The Labute approximate surface area is 151 Å². The third-order valence-electron chi connectivity index (χ3n) is 3.47. The van der Waals surface area contributed by atoms with Gasteiger partial charge in [-0.1, -0.05) is 29.8 Å². The lowest BCUT2D eigenvalue weighted by Crippen LogP contribution is -2.37. The molecule has 0 saturated carbocycles. The number of nitrogens with zero attached hydrogens (tertiary/aromatic N) is 2. The van der Waals surface area contributed by atoms with Crippen LogP contribution in [0.2, 0.25) is 5.02 Å². The Morgan fingerprint density at radius 1 is 1.21 bits per heavy atom. The molecule has 0 aliphatic rings. The van der Waals surface area contributed by atoms with Crippen LogP contribution in [0.25, 0.3) is 10.6 Å². The number of halogens is 1. The molecule has 0 radical (unpaired) electrons. The van der Waals surface area contributed by atoms with Gasteiger partial charge in [0.2, 0.25) is 5.91 Å². The maximum Gasteiger partial charge on any atom is 0.228 e. The van der Waals surface area contributed by atoms with E-state index in [1.54, 1.807) is 19.1 Å². The molecular weight excluding hydrogens is 348 g/mol. The predicted molar refractivity (Wildman–Crippen MR) is 96.6 cm³/mol. The number of carbonyl (C=O) groups is 1. The second-order valence-electron chi connectivity index (χ2n) is 5.17. The van der Waals surface area contributed by atoms with E-state index in [1.165, 1.54) is 11.3 Å². The van der Waals surface area contributed by atoms with Crippen LogP contribution in [-0.4, -0.2) is 56.3 Å². The van der Waals surface area contributed by atoms with E-state index in [1.807, 2.05) is 29.6 Å². The predicted octanol–water partition coefficient (Wildman–Crippen LogP) is 3.13. The fourth-order valence-corrected chi connectivity index (χ4v) is 3.32. The van der Waals surface area contributed by atoms with Gasteiger partial charge in [-0.15, -0.1) is 11.3 Å². The summed E-state index contributed by atoms with van der Waals surface area (Å²) in [7, 11) is 3.24. The van der Waals surface area contributed by atoms with E-state index in [0.717, 1.165) is 16.3 Å². The SMILES string of the molecule is COCCN(CCOC)C(=O)Cc1csc(-c2ccccc2Cl)n1. The molecule has 0 fully saturated rings. The van der Waals surface area contributed by atoms with Crippen LogP contribution in [0, 0.1) is 0 Å². The van der Waals surface area contributed by atoms with E-state index < -0.39 is 0 Å². The highest BCUT2D eigenvalue weighted by Crippen LogP contribution is 2.30. The van der Waals surface area contributed by atoms with Crippen molar-refractivity contribution in [3.8, 4) is 10.6 Å². The molecule has 0 aliphatic carbocycles. The number of hydrogen-bond donors (Lipinski definition) is 0. The van der Waals surface area contributed by atoms with Crippen molar-refractivity contribution in [2.45, 2.75) is 6.42 Å². The molecule has 0 unspecified atom stereocenters. The molecule has 0 atom stereocenters. The van der Waals surface area contributed by atoms with Crippen molar-refractivity contribution in [1.29, 1.82) is 0 Å². The van der Waals surface area contributed by atoms with Crippen LogP contribution in [0.3, 0.4) is 0 Å². The Bertz CT molecular complexity index is 655. The van der Waals surface area contributed by atoms with Gasteiger partial charge in [-0.2, -0.15) is 0 Å². The number of rotatable bonds is 9. The summed E-state index contributed by atoms with van der Waals surface area (Å²) in [6.45, 7) is 2.08. The van der Waals surface area contributed by atoms with Crippen LogP contribution in [-0.2, 0) is 20.7 Å². The molecule has 2 aromatic rings. The first kappa shape index (κ1) is 18.9. The lowest BCUT2D eigenvalue weighted by molar-refractivity contribution is -0.131. The molecular formula is C17H21ClN2O3S. The summed E-state index contributed by atoms with van der Waals surface area (Å²) in [6.07, 6.45) is 0.258. The summed E-state index contributed by atoms with van der Waals surface area (Å²) in [6, 6.07) is 7.56. The minimum Gasteiger partial charge on any atom is -0.383 e. The first-order valence-corrected chi connectivity index (χ1v) is 8.86. The van der Waals surface area contributed by atoms with Crippen molar-refractivity contribution in [3.05, 3.63) is 40.4 Å². The van der Waals surface area contributed by atoms with Gasteiger partial charge in [0.1, 0.15) is 5.01 Å². The number of carbonyl (C=O) groups excluding carboxylic acids is 1. The van der Waals surface area contributed by atoms with Crippen molar-refractivity contribution >= 4 is 28.8 Å². The molecule has 0 spiro atoms. The Morgan fingerprint density at radius 3 is 2.50 bits per heavy atom. The van der Waals surface area contributed by atoms with Crippen LogP contribution in [0.1, 0.15) is 5.69 Å². The maximum absolute atomic E-state index is 12.5. The molecule has 0 bridgehead atoms.